The number of carbonyl (C=O) groups excluding carboxylic acids is 1. The standard InChI is InChI=1S/C19H43N3O3Si/c1-18(2,3)25-17(23)22(14-12-20-11-13-21(7)8)15-16-24-26(9,10)19(4,5)6/h20H,11-16H2,1-10H3. The lowest BCUT2D eigenvalue weighted by Gasteiger charge is -2.37. The largest absolute Gasteiger partial charge is 0.444 e. The molecule has 156 valence electrons. The van der Waals surface area contributed by atoms with Crippen molar-refractivity contribution in [1.82, 2.24) is 15.1 Å². The van der Waals surface area contributed by atoms with E-state index in [-0.39, 0.29) is 11.1 Å². The maximum Gasteiger partial charge on any atom is 0.410 e. The number of hydrogen-bond donors (Lipinski definition) is 1. The summed E-state index contributed by atoms with van der Waals surface area (Å²) in [6, 6.07) is 0. The van der Waals surface area contributed by atoms with Crippen LogP contribution in [0.3, 0.4) is 0 Å². The molecule has 6 nitrogen and oxygen atoms in total. The molecule has 0 bridgehead atoms. The first-order chi connectivity index (χ1) is 11.7. The van der Waals surface area contributed by atoms with Crippen LogP contribution in [-0.2, 0) is 9.16 Å². The maximum absolute atomic E-state index is 12.5. The number of amides is 1. The number of hydrogen-bond acceptors (Lipinski definition) is 5. The van der Waals surface area contributed by atoms with Crippen LogP contribution in [0.4, 0.5) is 4.79 Å². The topological polar surface area (TPSA) is 54.0 Å². The first-order valence-corrected chi connectivity index (χ1v) is 12.5. The molecule has 0 aromatic carbocycles. The zero-order valence-electron chi connectivity index (χ0n) is 18.9. The summed E-state index contributed by atoms with van der Waals surface area (Å²) in [7, 11) is 2.29. The van der Waals surface area contributed by atoms with Crippen molar-refractivity contribution < 1.29 is 14.0 Å². The molecule has 0 unspecified atom stereocenters. The molecular formula is C19H43N3O3Si. The molecule has 0 fully saturated rings. The molecule has 0 spiro atoms. The predicted molar refractivity (Wildman–Crippen MR) is 112 cm³/mol. The van der Waals surface area contributed by atoms with Gasteiger partial charge in [-0.15, -0.1) is 0 Å². The van der Waals surface area contributed by atoms with Crippen LogP contribution in [-0.4, -0.2) is 83.2 Å². The first-order valence-electron chi connectivity index (χ1n) is 9.63. The highest BCUT2D eigenvalue weighted by atomic mass is 28.4. The fraction of sp³-hybridized carbons (Fsp3) is 0.947. The molecule has 26 heavy (non-hydrogen) atoms. The van der Waals surface area contributed by atoms with Gasteiger partial charge >= 0.3 is 6.09 Å². The summed E-state index contributed by atoms with van der Waals surface area (Å²) in [4.78, 5) is 16.4. The van der Waals surface area contributed by atoms with Crippen LogP contribution in [0.15, 0.2) is 0 Å². The lowest BCUT2D eigenvalue weighted by atomic mass is 10.2. The van der Waals surface area contributed by atoms with Crippen molar-refractivity contribution in [2.45, 2.75) is 65.3 Å². The quantitative estimate of drug-likeness (QED) is 0.458. The predicted octanol–water partition coefficient (Wildman–Crippen LogP) is 3.40. The second-order valence-corrected chi connectivity index (χ2v) is 14.4. The lowest BCUT2D eigenvalue weighted by Crippen LogP contribution is -2.46. The van der Waals surface area contributed by atoms with Crippen molar-refractivity contribution in [3.63, 3.8) is 0 Å². The Bertz CT molecular complexity index is 415. The number of likely N-dealkylation sites (N-methyl/N-ethyl adjacent to an activating group) is 1. The Balaban J connectivity index is 4.61. The molecule has 0 radical (unpaired) electrons. The van der Waals surface area contributed by atoms with Crippen LogP contribution >= 0.6 is 0 Å². The molecule has 1 N–H and O–H groups in total. The minimum absolute atomic E-state index is 0.164. The second-order valence-electron chi connectivity index (χ2n) is 9.63. The summed E-state index contributed by atoms with van der Waals surface area (Å²) < 4.78 is 11.8. The van der Waals surface area contributed by atoms with Crippen molar-refractivity contribution in [3.05, 3.63) is 0 Å². The van der Waals surface area contributed by atoms with E-state index in [0.29, 0.717) is 19.7 Å². The normalized spacial score (nSPS) is 13.2. The molecule has 0 aliphatic heterocycles. The van der Waals surface area contributed by atoms with E-state index in [0.717, 1.165) is 19.6 Å². The zero-order chi connectivity index (χ0) is 20.6. The highest BCUT2D eigenvalue weighted by molar-refractivity contribution is 6.74. The van der Waals surface area contributed by atoms with Gasteiger partial charge in [0.15, 0.2) is 8.32 Å². The summed E-state index contributed by atoms with van der Waals surface area (Å²) in [6.07, 6.45) is -0.272. The van der Waals surface area contributed by atoms with E-state index in [1.165, 1.54) is 0 Å². The molecule has 0 aliphatic rings. The van der Waals surface area contributed by atoms with Crippen molar-refractivity contribution >= 4 is 14.4 Å². The summed E-state index contributed by atoms with van der Waals surface area (Å²) in [5, 5.41) is 3.54. The molecular weight excluding hydrogens is 346 g/mol. The fourth-order valence-electron chi connectivity index (χ4n) is 1.89. The summed E-state index contributed by atoms with van der Waals surface area (Å²) in [5.74, 6) is 0. The number of nitrogens with zero attached hydrogens (tertiary/aromatic N) is 2. The van der Waals surface area contributed by atoms with Gasteiger partial charge in [0.25, 0.3) is 0 Å². The maximum atomic E-state index is 12.5. The Labute approximate surface area is 162 Å². The average Bonchev–Trinajstić information content (AvgIpc) is 2.41. The summed E-state index contributed by atoms with van der Waals surface area (Å²) >= 11 is 0. The van der Waals surface area contributed by atoms with E-state index >= 15 is 0 Å². The summed E-state index contributed by atoms with van der Waals surface area (Å²) in [5.41, 5.74) is -0.492. The van der Waals surface area contributed by atoms with Gasteiger partial charge in [0.2, 0.25) is 0 Å². The molecule has 0 aromatic heterocycles. The van der Waals surface area contributed by atoms with E-state index < -0.39 is 13.9 Å². The van der Waals surface area contributed by atoms with Gasteiger partial charge < -0.3 is 24.3 Å². The Morgan fingerprint density at radius 1 is 0.962 bits per heavy atom. The molecule has 0 saturated heterocycles. The van der Waals surface area contributed by atoms with Crippen LogP contribution < -0.4 is 5.32 Å². The van der Waals surface area contributed by atoms with Gasteiger partial charge in [-0.3, -0.25) is 0 Å². The highest BCUT2D eigenvalue weighted by Gasteiger charge is 2.37. The van der Waals surface area contributed by atoms with Gasteiger partial charge in [0.05, 0.1) is 6.61 Å². The third kappa shape index (κ3) is 11.2. The Hall–Kier alpha value is -0.633. The minimum atomic E-state index is -1.81. The zero-order valence-corrected chi connectivity index (χ0v) is 19.9. The number of carbonyl (C=O) groups is 1. The average molecular weight is 390 g/mol. The number of rotatable bonds is 10. The second kappa shape index (κ2) is 10.6. The van der Waals surface area contributed by atoms with Gasteiger partial charge in [0, 0.05) is 32.7 Å². The van der Waals surface area contributed by atoms with E-state index in [4.69, 9.17) is 9.16 Å². The molecule has 0 aliphatic carbocycles. The van der Waals surface area contributed by atoms with Crippen molar-refractivity contribution in [2.24, 2.45) is 0 Å². The van der Waals surface area contributed by atoms with Crippen LogP contribution in [0.1, 0.15) is 41.5 Å². The molecule has 0 aromatic rings. The lowest BCUT2D eigenvalue weighted by molar-refractivity contribution is 0.0225. The van der Waals surface area contributed by atoms with Crippen molar-refractivity contribution in [3.8, 4) is 0 Å². The molecule has 0 saturated carbocycles. The van der Waals surface area contributed by atoms with E-state index in [1.54, 1.807) is 4.90 Å². The van der Waals surface area contributed by atoms with E-state index in [1.807, 2.05) is 34.9 Å². The number of ether oxygens (including phenoxy) is 1. The molecule has 1 amide bonds. The fourth-order valence-corrected chi connectivity index (χ4v) is 2.92. The third-order valence-electron chi connectivity index (χ3n) is 4.58. The Morgan fingerprint density at radius 2 is 1.50 bits per heavy atom. The summed E-state index contributed by atoms with van der Waals surface area (Å²) in [6.45, 7) is 21.1. The SMILES string of the molecule is CN(C)CCNCCN(CCO[Si](C)(C)C(C)(C)C)C(=O)OC(C)(C)C. The van der Waals surface area contributed by atoms with Crippen molar-refractivity contribution in [1.29, 1.82) is 0 Å². The molecule has 7 heteroatoms. The molecule has 0 atom stereocenters. The monoisotopic (exact) mass is 389 g/mol. The highest BCUT2D eigenvalue weighted by Crippen LogP contribution is 2.36. The van der Waals surface area contributed by atoms with Crippen LogP contribution in [0, 0.1) is 0 Å². The minimum Gasteiger partial charge on any atom is -0.444 e. The first kappa shape index (κ1) is 25.4. The van der Waals surface area contributed by atoms with Crippen molar-refractivity contribution in [2.75, 3.05) is 53.4 Å². The van der Waals surface area contributed by atoms with Gasteiger partial charge in [-0.25, -0.2) is 4.79 Å². The van der Waals surface area contributed by atoms with E-state index in [2.05, 4.69) is 44.1 Å². The Kier molecular flexibility index (Phi) is 10.4. The van der Waals surface area contributed by atoms with E-state index in [9.17, 15) is 4.79 Å². The number of nitrogens with one attached hydrogen (secondary N) is 1. The van der Waals surface area contributed by atoms with Gasteiger partial charge in [-0.05, 0) is 53.0 Å². The van der Waals surface area contributed by atoms with Crippen LogP contribution in [0.25, 0.3) is 0 Å². The van der Waals surface area contributed by atoms with Gasteiger partial charge in [-0.2, -0.15) is 0 Å². The van der Waals surface area contributed by atoms with Gasteiger partial charge in [0.1, 0.15) is 5.60 Å². The smallest absolute Gasteiger partial charge is 0.410 e. The van der Waals surface area contributed by atoms with Crippen LogP contribution in [0.2, 0.25) is 18.1 Å². The molecule has 0 rings (SSSR count). The third-order valence-corrected chi connectivity index (χ3v) is 9.11. The van der Waals surface area contributed by atoms with Crippen LogP contribution in [0.5, 0.6) is 0 Å². The Morgan fingerprint density at radius 3 is 1.96 bits per heavy atom. The molecule has 0 heterocycles. The van der Waals surface area contributed by atoms with Gasteiger partial charge in [-0.1, -0.05) is 20.8 Å².